The summed E-state index contributed by atoms with van der Waals surface area (Å²) < 4.78 is 10.1. The molecule has 2 N–H and O–H groups in total. The first-order chi connectivity index (χ1) is 9.60. The van der Waals surface area contributed by atoms with Crippen molar-refractivity contribution in [3.05, 3.63) is 18.2 Å². The first kappa shape index (κ1) is 14.5. The van der Waals surface area contributed by atoms with Crippen molar-refractivity contribution < 1.29 is 19.1 Å². The van der Waals surface area contributed by atoms with Crippen LogP contribution >= 0.6 is 0 Å². The fourth-order valence-corrected chi connectivity index (χ4v) is 2.24. The first-order valence-corrected chi connectivity index (χ1v) is 6.57. The Kier molecular flexibility index (Phi) is 4.73. The number of methoxy groups -OCH3 is 1. The molecule has 2 unspecified atom stereocenters. The highest BCUT2D eigenvalue weighted by molar-refractivity contribution is 5.86. The number of hydrogen-bond donors (Lipinski definition) is 2. The third-order valence-corrected chi connectivity index (χ3v) is 3.35. The smallest absolute Gasteiger partial charge is 0.328 e. The van der Waals surface area contributed by atoms with Crippen molar-refractivity contribution in [2.75, 3.05) is 13.7 Å². The number of esters is 1. The van der Waals surface area contributed by atoms with E-state index in [0.717, 1.165) is 5.69 Å². The number of ether oxygens (including phenoxy) is 2. The van der Waals surface area contributed by atoms with Crippen LogP contribution in [0.1, 0.15) is 19.0 Å². The summed E-state index contributed by atoms with van der Waals surface area (Å²) in [6.45, 7) is 2.32. The first-order valence-electron chi connectivity index (χ1n) is 6.57. The molecule has 1 amide bonds. The lowest BCUT2D eigenvalue weighted by atomic mass is 10.0. The van der Waals surface area contributed by atoms with Gasteiger partial charge in [0.2, 0.25) is 5.91 Å². The molecule has 110 valence electrons. The van der Waals surface area contributed by atoms with Gasteiger partial charge in [0.1, 0.15) is 6.04 Å². The lowest BCUT2D eigenvalue weighted by molar-refractivity contribution is -0.145. The van der Waals surface area contributed by atoms with Crippen LogP contribution in [0.15, 0.2) is 12.5 Å². The van der Waals surface area contributed by atoms with Crippen LogP contribution in [0.25, 0.3) is 0 Å². The van der Waals surface area contributed by atoms with Crippen LogP contribution < -0.4 is 5.32 Å². The summed E-state index contributed by atoms with van der Waals surface area (Å²) in [5.41, 5.74) is 0.761. The standard InChI is InChI=1S/C13H19N3O4/c1-8-3-9(6-20-8)12(17)16-11(13(18)19-2)4-10-5-14-7-15-10/h5,7-9,11H,3-4,6H2,1-2H3,(H,14,15)(H,16,17)/t8?,9?,11-/m0/s1. The molecular weight excluding hydrogens is 262 g/mol. The largest absolute Gasteiger partial charge is 0.467 e. The van der Waals surface area contributed by atoms with Gasteiger partial charge in [-0.25, -0.2) is 9.78 Å². The number of H-pyrrole nitrogens is 1. The molecule has 1 aromatic heterocycles. The Bertz CT molecular complexity index is 460. The minimum Gasteiger partial charge on any atom is -0.467 e. The SMILES string of the molecule is COC(=O)[C@H](Cc1cnc[nH]1)NC(=O)C1COC(C)C1. The fourth-order valence-electron chi connectivity index (χ4n) is 2.24. The Labute approximate surface area is 117 Å². The van der Waals surface area contributed by atoms with E-state index >= 15 is 0 Å². The molecule has 1 fully saturated rings. The average molecular weight is 281 g/mol. The topological polar surface area (TPSA) is 93.3 Å². The van der Waals surface area contributed by atoms with Crippen LogP contribution in [0.5, 0.6) is 0 Å². The molecule has 2 heterocycles. The molecule has 7 nitrogen and oxygen atoms in total. The van der Waals surface area contributed by atoms with Crippen LogP contribution in [-0.2, 0) is 25.5 Å². The van der Waals surface area contributed by atoms with Crippen molar-refractivity contribution in [2.45, 2.75) is 31.9 Å². The third kappa shape index (κ3) is 3.57. The summed E-state index contributed by atoms with van der Waals surface area (Å²) in [7, 11) is 1.30. The van der Waals surface area contributed by atoms with Crippen LogP contribution in [0.2, 0.25) is 0 Å². The lowest BCUT2D eigenvalue weighted by Gasteiger charge is -2.17. The monoisotopic (exact) mass is 281 g/mol. The van der Waals surface area contributed by atoms with E-state index in [4.69, 9.17) is 9.47 Å². The maximum atomic E-state index is 12.1. The van der Waals surface area contributed by atoms with Gasteiger partial charge in [-0.2, -0.15) is 0 Å². The second-order valence-corrected chi connectivity index (χ2v) is 4.94. The number of carbonyl (C=O) groups is 2. The highest BCUT2D eigenvalue weighted by Crippen LogP contribution is 2.19. The molecule has 1 aliphatic rings. The van der Waals surface area contributed by atoms with Crippen LogP contribution in [0.4, 0.5) is 0 Å². The van der Waals surface area contributed by atoms with E-state index in [0.29, 0.717) is 19.4 Å². The van der Waals surface area contributed by atoms with Crippen molar-refractivity contribution in [3.8, 4) is 0 Å². The van der Waals surface area contributed by atoms with Crippen molar-refractivity contribution in [1.82, 2.24) is 15.3 Å². The Hall–Kier alpha value is -1.89. The Morgan fingerprint density at radius 3 is 3.00 bits per heavy atom. The summed E-state index contributed by atoms with van der Waals surface area (Å²) in [6, 6.07) is -0.719. The van der Waals surface area contributed by atoms with Gasteiger partial charge in [0, 0.05) is 18.3 Å². The van der Waals surface area contributed by atoms with E-state index in [1.54, 1.807) is 6.20 Å². The number of carbonyl (C=O) groups excluding carboxylic acids is 2. The minimum atomic E-state index is -0.719. The van der Waals surface area contributed by atoms with Crippen molar-refractivity contribution in [3.63, 3.8) is 0 Å². The Balaban J connectivity index is 1.96. The number of hydrogen-bond acceptors (Lipinski definition) is 5. The molecule has 20 heavy (non-hydrogen) atoms. The number of aromatic nitrogens is 2. The number of amides is 1. The molecule has 0 radical (unpaired) electrons. The summed E-state index contributed by atoms with van der Waals surface area (Å²) in [6.07, 6.45) is 4.21. The van der Waals surface area contributed by atoms with Gasteiger partial charge in [0.25, 0.3) is 0 Å². The Morgan fingerprint density at radius 1 is 1.65 bits per heavy atom. The molecule has 0 aliphatic carbocycles. The molecule has 1 aliphatic heterocycles. The van der Waals surface area contributed by atoms with E-state index < -0.39 is 12.0 Å². The van der Waals surface area contributed by atoms with Crippen molar-refractivity contribution in [2.24, 2.45) is 5.92 Å². The van der Waals surface area contributed by atoms with Crippen LogP contribution in [-0.4, -0.2) is 47.7 Å². The summed E-state index contributed by atoms with van der Waals surface area (Å²) in [5, 5.41) is 2.73. The second kappa shape index (κ2) is 6.51. The van der Waals surface area contributed by atoms with E-state index in [9.17, 15) is 9.59 Å². The molecule has 2 rings (SSSR count). The maximum absolute atomic E-state index is 12.1. The molecule has 1 aromatic rings. The van der Waals surface area contributed by atoms with E-state index in [1.165, 1.54) is 13.4 Å². The molecule has 0 aromatic carbocycles. The van der Waals surface area contributed by atoms with E-state index in [2.05, 4.69) is 15.3 Å². The number of imidazole rings is 1. The van der Waals surface area contributed by atoms with Gasteiger partial charge >= 0.3 is 5.97 Å². The number of rotatable bonds is 5. The molecule has 0 spiro atoms. The Morgan fingerprint density at radius 2 is 2.45 bits per heavy atom. The van der Waals surface area contributed by atoms with Gasteiger partial charge in [-0.3, -0.25) is 4.79 Å². The molecule has 7 heteroatoms. The maximum Gasteiger partial charge on any atom is 0.328 e. The lowest BCUT2D eigenvalue weighted by Crippen LogP contribution is -2.45. The van der Waals surface area contributed by atoms with Gasteiger partial charge in [-0.1, -0.05) is 0 Å². The molecular formula is C13H19N3O4. The van der Waals surface area contributed by atoms with Crippen molar-refractivity contribution >= 4 is 11.9 Å². The van der Waals surface area contributed by atoms with Gasteiger partial charge in [0.05, 0.1) is 32.1 Å². The summed E-state index contributed by atoms with van der Waals surface area (Å²) >= 11 is 0. The zero-order valence-corrected chi connectivity index (χ0v) is 11.6. The summed E-state index contributed by atoms with van der Waals surface area (Å²) in [4.78, 5) is 30.7. The zero-order valence-electron chi connectivity index (χ0n) is 11.6. The van der Waals surface area contributed by atoms with Crippen molar-refractivity contribution in [1.29, 1.82) is 0 Å². The minimum absolute atomic E-state index is 0.0786. The predicted octanol–water partition coefficient (Wildman–Crippen LogP) is 0.0350. The normalized spacial score (nSPS) is 23.3. The van der Waals surface area contributed by atoms with E-state index in [-0.39, 0.29) is 17.9 Å². The van der Waals surface area contributed by atoms with Gasteiger partial charge < -0.3 is 19.8 Å². The molecule has 1 saturated heterocycles. The third-order valence-electron chi connectivity index (χ3n) is 3.35. The second-order valence-electron chi connectivity index (χ2n) is 4.94. The molecule has 0 bridgehead atoms. The van der Waals surface area contributed by atoms with Gasteiger partial charge in [-0.05, 0) is 13.3 Å². The highest BCUT2D eigenvalue weighted by Gasteiger charge is 2.31. The average Bonchev–Trinajstić information content (AvgIpc) is 3.08. The summed E-state index contributed by atoms with van der Waals surface area (Å²) in [5.74, 6) is -0.858. The van der Waals surface area contributed by atoms with Gasteiger partial charge in [-0.15, -0.1) is 0 Å². The highest BCUT2D eigenvalue weighted by atomic mass is 16.5. The number of nitrogens with one attached hydrogen (secondary N) is 2. The molecule has 3 atom stereocenters. The van der Waals surface area contributed by atoms with Gasteiger partial charge in [0.15, 0.2) is 0 Å². The zero-order chi connectivity index (χ0) is 14.5. The van der Waals surface area contributed by atoms with Crippen LogP contribution in [0, 0.1) is 5.92 Å². The number of aromatic amines is 1. The van der Waals surface area contributed by atoms with Crippen LogP contribution in [0.3, 0.4) is 0 Å². The predicted molar refractivity (Wildman–Crippen MR) is 69.8 cm³/mol. The fraction of sp³-hybridized carbons (Fsp3) is 0.615. The number of nitrogens with zero attached hydrogens (tertiary/aromatic N) is 1. The quantitative estimate of drug-likeness (QED) is 0.743. The van der Waals surface area contributed by atoms with E-state index in [1.807, 2.05) is 6.92 Å². The molecule has 0 saturated carbocycles.